The van der Waals surface area contributed by atoms with Crippen LogP contribution in [0.4, 0.5) is 11.4 Å². The monoisotopic (exact) mass is 429 g/mol. The fourth-order valence-electron chi connectivity index (χ4n) is 3.48. The fraction of sp³-hybridized carbons (Fsp3) is 0.391. The lowest BCUT2D eigenvalue weighted by molar-refractivity contribution is -0.313. The molecule has 3 rings (SSSR count). The molecule has 28 heavy (non-hydrogen) atoms. The van der Waals surface area contributed by atoms with Gasteiger partial charge in [0.15, 0.2) is 0 Å². The summed E-state index contributed by atoms with van der Waals surface area (Å²) in [5.74, 6) is 0. The van der Waals surface area contributed by atoms with Gasteiger partial charge in [0, 0.05) is 15.3 Å². The lowest BCUT2D eigenvalue weighted by Gasteiger charge is -2.07. The summed E-state index contributed by atoms with van der Waals surface area (Å²) in [5, 5.41) is 4.43. The summed E-state index contributed by atoms with van der Waals surface area (Å²) < 4.78 is 2.93. The third kappa shape index (κ3) is 5.07. The SMILES string of the molecule is CCCCCCCCc1csc(-c2ccc(-c3cc(C)cs3)c(N)c2[NH+]=S)c1. The predicted octanol–water partition coefficient (Wildman–Crippen LogP) is 6.38. The quantitative estimate of drug-likeness (QED) is 0.290. The van der Waals surface area contributed by atoms with Gasteiger partial charge in [-0.1, -0.05) is 45.1 Å². The maximum absolute atomic E-state index is 6.50. The van der Waals surface area contributed by atoms with Crippen molar-refractivity contribution in [3.8, 4) is 20.9 Å². The topological polar surface area (TPSA) is 40.0 Å². The second-order valence-electron chi connectivity index (χ2n) is 7.38. The van der Waals surface area contributed by atoms with Gasteiger partial charge in [0.1, 0.15) is 5.69 Å². The number of unbranched alkanes of at least 4 members (excludes halogenated alkanes) is 5. The minimum absolute atomic E-state index is 0.736. The molecule has 1 aromatic carbocycles. The fourth-order valence-corrected chi connectivity index (χ4v) is 5.62. The lowest BCUT2D eigenvalue weighted by Crippen LogP contribution is -2.56. The van der Waals surface area contributed by atoms with E-state index in [0.717, 1.165) is 28.9 Å². The molecule has 0 amide bonds. The van der Waals surface area contributed by atoms with Crippen molar-refractivity contribution in [1.29, 1.82) is 0 Å². The second kappa shape index (κ2) is 10.3. The Morgan fingerprint density at radius 1 is 0.929 bits per heavy atom. The minimum atomic E-state index is 0.736. The summed E-state index contributed by atoms with van der Waals surface area (Å²) in [5.41, 5.74) is 12.9. The van der Waals surface area contributed by atoms with E-state index in [2.05, 4.69) is 53.2 Å². The van der Waals surface area contributed by atoms with E-state index in [1.165, 1.54) is 59.4 Å². The summed E-state index contributed by atoms with van der Waals surface area (Å²) in [6.07, 6.45) is 9.14. The molecule has 3 aromatic rings. The maximum Gasteiger partial charge on any atom is 0.268 e. The Labute approximate surface area is 182 Å². The number of hydrogen-bond donors (Lipinski definition) is 2. The molecule has 0 saturated heterocycles. The summed E-state index contributed by atoms with van der Waals surface area (Å²) >= 11 is 8.71. The van der Waals surface area contributed by atoms with Crippen LogP contribution in [-0.2, 0) is 18.8 Å². The Hall–Kier alpha value is -1.56. The van der Waals surface area contributed by atoms with Crippen LogP contribution in [0.15, 0.2) is 35.0 Å². The Morgan fingerprint density at radius 2 is 1.61 bits per heavy atom. The molecule has 0 saturated carbocycles. The third-order valence-corrected chi connectivity index (χ3v) is 7.38. The molecule has 0 bridgehead atoms. The van der Waals surface area contributed by atoms with Gasteiger partial charge in [-0.05, 0) is 59.9 Å². The highest BCUT2D eigenvalue weighted by molar-refractivity contribution is 7.44. The van der Waals surface area contributed by atoms with Crippen molar-refractivity contribution in [2.75, 3.05) is 5.73 Å². The van der Waals surface area contributed by atoms with Gasteiger partial charge in [-0.2, -0.15) is 0 Å². The van der Waals surface area contributed by atoms with Gasteiger partial charge < -0.3 is 5.73 Å². The first-order valence-electron chi connectivity index (χ1n) is 10.1. The molecule has 0 fully saturated rings. The predicted molar refractivity (Wildman–Crippen MR) is 127 cm³/mol. The zero-order valence-electron chi connectivity index (χ0n) is 16.7. The van der Waals surface area contributed by atoms with E-state index < -0.39 is 0 Å². The van der Waals surface area contributed by atoms with Crippen LogP contribution in [-0.4, -0.2) is 0 Å². The van der Waals surface area contributed by atoms with Crippen LogP contribution in [0.1, 0.15) is 56.6 Å². The zero-order chi connectivity index (χ0) is 19.9. The first-order valence-corrected chi connectivity index (χ1v) is 12.2. The van der Waals surface area contributed by atoms with E-state index in [-0.39, 0.29) is 0 Å². The maximum atomic E-state index is 6.50. The van der Waals surface area contributed by atoms with E-state index in [1.807, 2.05) is 0 Å². The van der Waals surface area contributed by atoms with Gasteiger partial charge in [-0.3, -0.25) is 0 Å². The molecule has 0 unspecified atom stereocenters. The van der Waals surface area contributed by atoms with Crippen molar-refractivity contribution in [2.24, 2.45) is 0 Å². The van der Waals surface area contributed by atoms with Crippen LogP contribution in [0.3, 0.4) is 0 Å². The van der Waals surface area contributed by atoms with E-state index in [9.17, 15) is 0 Å². The van der Waals surface area contributed by atoms with Crippen LogP contribution in [0.25, 0.3) is 20.9 Å². The Morgan fingerprint density at radius 3 is 2.32 bits per heavy atom. The molecule has 3 N–H and O–H groups in total. The van der Waals surface area contributed by atoms with E-state index in [1.54, 1.807) is 22.7 Å². The standard InChI is InChI=1S/C23H28N2S3/c1-3-4-5-6-7-8-9-17-13-21(28-15-17)19-11-10-18(22(24)23(19)25-26)20-12-16(2)14-27-20/h10-15H,3-9,24H2,1-2H3/p+1. The van der Waals surface area contributed by atoms with Crippen LogP contribution < -0.4 is 10.1 Å². The largest absolute Gasteiger partial charge is 0.393 e. The molecule has 148 valence electrons. The Kier molecular flexibility index (Phi) is 7.77. The number of nitrogens with two attached hydrogens (primary N) is 1. The lowest BCUT2D eigenvalue weighted by atomic mass is 10.0. The van der Waals surface area contributed by atoms with Gasteiger partial charge >= 0.3 is 0 Å². The van der Waals surface area contributed by atoms with Crippen molar-refractivity contribution >= 4 is 46.5 Å². The number of anilines is 1. The summed E-state index contributed by atoms with van der Waals surface area (Å²) in [7, 11) is 0. The smallest absolute Gasteiger partial charge is 0.268 e. The number of nitrogens with one attached hydrogen (secondary N) is 1. The number of hydrogen-bond acceptors (Lipinski definition) is 4. The van der Waals surface area contributed by atoms with Gasteiger partial charge in [-0.25, -0.2) is 0 Å². The molecule has 2 nitrogen and oxygen atoms in total. The average Bonchev–Trinajstić information content (AvgIpc) is 3.33. The summed E-state index contributed by atoms with van der Waals surface area (Å²) in [4.78, 5) is 2.41. The Balaban J connectivity index is 1.74. The van der Waals surface area contributed by atoms with Gasteiger partial charge in [0.25, 0.3) is 12.4 Å². The number of nitrogen functional groups attached to an aromatic ring is 1. The van der Waals surface area contributed by atoms with Crippen LogP contribution in [0.2, 0.25) is 0 Å². The van der Waals surface area contributed by atoms with Crippen molar-refractivity contribution < 1.29 is 4.36 Å². The van der Waals surface area contributed by atoms with E-state index in [4.69, 9.17) is 18.2 Å². The highest BCUT2D eigenvalue weighted by Crippen LogP contribution is 2.40. The van der Waals surface area contributed by atoms with Crippen molar-refractivity contribution in [3.63, 3.8) is 0 Å². The summed E-state index contributed by atoms with van der Waals surface area (Å²) in [6, 6.07) is 8.75. The molecule has 0 spiro atoms. The molecule has 5 heteroatoms. The molecule has 0 radical (unpaired) electrons. The number of thiophene rings is 2. The molecule has 2 heterocycles. The van der Waals surface area contributed by atoms with Crippen LogP contribution >= 0.6 is 22.7 Å². The highest BCUT2D eigenvalue weighted by Gasteiger charge is 2.19. The molecular formula is C23H29N2S3+. The van der Waals surface area contributed by atoms with Gasteiger partial charge in [0.05, 0.1) is 5.56 Å². The van der Waals surface area contributed by atoms with E-state index >= 15 is 0 Å². The average molecular weight is 430 g/mol. The molecular weight excluding hydrogens is 400 g/mol. The number of rotatable bonds is 10. The van der Waals surface area contributed by atoms with Crippen molar-refractivity contribution in [2.45, 2.75) is 58.8 Å². The van der Waals surface area contributed by atoms with Gasteiger partial charge in [-0.15, -0.1) is 27.0 Å². The van der Waals surface area contributed by atoms with Gasteiger partial charge in [0.2, 0.25) is 5.69 Å². The third-order valence-electron chi connectivity index (χ3n) is 5.08. The minimum Gasteiger partial charge on any atom is -0.393 e. The van der Waals surface area contributed by atoms with Crippen LogP contribution in [0, 0.1) is 6.92 Å². The number of aryl methyl sites for hydroxylation is 2. The molecule has 0 aliphatic carbocycles. The first kappa shape index (κ1) is 21.2. The normalized spacial score (nSPS) is 11.1. The molecule has 0 atom stereocenters. The Bertz CT molecular complexity index is 924. The molecule has 2 aromatic heterocycles. The second-order valence-corrected chi connectivity index (χ2v) is 9.40. The highest BCUT2D eigenvalue weighted by atomic mass is 32.1. The van der Waals surface area contributed by atoms with Crippen molar-refractivity contribution in [1.82, 2.24) is 0 Å². The zero-order valence-corrected chi connectivity index (χ0v) is 19.2. The molecule has 0 aliphatic rings. The molecule has 0 aliphatic heterocycles. The number of benzene rings is 1. The van der Waals surface area contributed by atoms with Crippen LogP contribution in [0.5, 0.6) is 0 Å². The van der Waals surface area contributed by atoms with Crippen molar-refractivity contribution in [3.05, 3.63) is 46.2 Å². The summed E-state index contributed by atoms with van der Waals surface area (Å²) in [6.45, 7) is 4.37. The van der Waals surface area contributed by atoms with E-state index in [0.29, 0.717) is 0 Å². The first-order chi connectivity index (χ1) is 13.6.